The van der Waals surface area contributed by atoms with Gasteiger partial charge in [-0.1, -0.05) is 0 Å². The van der Waals surface area contributed by atoms with Crippen LogP contribution in [0.2, 0.25) is 0 Å². The van der Waals surface area contributed by atoms with Gasteiger partial charge >= 0.3 is 0 Å². The molecule has 68 valence electrons. The van der Waals surface area contributed by atoms with Crippen molar-refractivity contribution in [2.24, 2.45) is 16.5 Å². The zero-order valence-electron chi connectivity index (χ0n) is 6.86. The van der Waals surface area contributed by atoms with E-state index in [4.69, 9.17) is 11.5 Å². The fraction of sp³-hybridized carbons (Fsp3) is 0.125. The Hall–Kier alpha value is -1.91. The van der Waals surface area contributed by atoms with Gasteiger partial charge in [-0.05, 0) is 18.2 Å². The largest absolute Gasteiger partial charge is 0.399 e. The lowest BCUT2D eigenvalue weighted by Gasteiger charge is -2.02. The van der Waals surface area contributed by atoms with Gasteiger partial charge in [0.15, 0.2) is 0 Å². The maximum Gasteiger partial charge on any atom is 0.239 e. The van der Waals surface area contributed by atoms with E-state index in [1.165, 1.54) is 18.2 Å². The molecule has 0 aromatic rings. The fourth-order valence-corrected chi connectivity index (χ4v) is 0.821. The molecular formula is C8H9N3O2. The van der Waals surface area contributed by atoms with Crippen molar-refractivity contribution in [3.63, 3.8) is 0 Å². The Morgan fingerprint density at radius 1 is 1.46 bits per heavy atom. The molecule has 5 heteroatoms. The Morgan fingerprint density at radius 2 is 2.15 bits per heavy atom. The number of allylic oxidation sites excluding steroid dienone is 3. The number of carbonyl (C=O) groups is 2. The van der Waals surface area contributed by atoms with Crippen molar-refractivity contribution < 1.29 is 9.59 Å². The van der Waals surface area contributed by atoms with Crippen LogP contribution >= 0.6 is 0 Å². The van der Waals surface area contributed by atoms with Gasteiger partial charge in [-0.2, -0.15) is 0 Å². The first kappa shape index (κ1) is 9.18. The quantitative estimate of drug-likeness (QED) is 0.526. The molecule has 0 spiro atoms. The molecule has 0 saturated heterocycles. The van der Waals surface area contributed by atoms with Gasteiger partial charge in [-0.25, -0.2) is 0 Å². The van der Waals surface area contributed by atoms with E-state index in [2.05, 4.69) is 4.99 Å². The van der Waals surface area contributed by atoms with Gasteiger partial charge in [-0.15, -0.1) is 0 Å². The second-order valence-corrected chi connectivity index (χ2v) is 2.51. The zero-order chi connectivity index (χ0) is 9.84. The minimum absolute atomic E-state index is 0.166. The smallest absolute Gasteiger partial charge is 0.239 e. The number of hydrogen-bond donors (Lipinski definition) is 2. The molecule has 4 N–H and O–H groups in total. The van der Waals surface area contributed by atoms with Gasteiger partial charge in [0, 0.05) is 5.70 Å². The first-order valence-corrected chi connectivity index (χ1v) is 3.62. The van der Waals surface area contributed by atoms with Crippen LogP contribution in [0.5, 0.6) is 0 Å². The van der Waals surface area contributed by atoms with Crippen molar-refractivity contribution in [1.29, 1.82) is 0 Å². The molecule has 0 aromatic heterocycles. The summed E-state index contributed by atoms with van der Waals surface area (Å²) < 4.78 is 0. The van der Waals surface area contributed by atoms with E-state index in [9.17, 15) is 9.59 Å². The zero-order valence-corrected chi connectivity index (χ0v) is 6.86. The minimum atomic E-state index is -0.582. The van der Waals surface area contributed by atoms with Gasteiger partial charge in [0.1, 0.15) is 12.3 Å². The van der Waals surface area contributed by atoms with Crippen molar-refractivity contribution >= 4 is 17.4 Å². The third-order valence-corrected chi connectivity index (χ3v) is 1.39. The molecule has 1 amide bonds. The first-order valence-electron chi connectivity index (χ1n) is 3.62. The van der Waals surface area contributed by atoms with Crippen LogP contribution in [0, 0.1) is 0 Å². The molecule has 0 atom stereocenters. The number of primary amides is 1. The van der Waals surface area contributed by atoms with Crippen LogP contribution in [0.3, 0.4) is 0 Å². The Labute approximate surface area is 74.8 Å². The summed E-state index contributed by atoms with van der Waals surface area (Å²) in [5, 5.41) is 0. The summed E-state index contributed by atoms with van der Waals surface area (Å²) in [6, 6.07) is 0. The molecule has 5 nitrogen and oxygen atoms in total. The number of aliphatic imine (C=N–C) groups is 1. The second-order valence-electron chi connectivity index (χ2n) is 2.51. The van der Waals surface area contributed by atoms with E-state index in [1.54, 1.807) is 0 Å². The third-order valence-electron chi connectivity index (χ3n) is 1.39. The summed E-state index contributed by atoms with van der Waals surface area (Å²) in [6.07, 6.45) is 4.19. The predicted octanol–water partition coefficient (Wildman–Crippen LogP) is -1.11. The summed E-state index contributed by atoms with van der Waals surface area (Å²) in [4.78, 5) is 25.1. The van der Waals surface area contributed by atoms with Crippen molar-refractivity contribution in [3.05, 3.63) is 23.9 Å². The summed E-state index contributed by atoms with van der Waals surface area (Å²) in [5.74, 6) is -0.850. The molecular weight excluding hydrogens is 170 g/mol. The first-order chi connectivity index (χ1) is 6.09. The van der Waals surface area contributed by atoms with Crippen LogP contribution in [0.15, 0.2) is 28.9 Å². The normalized spacial score (nSPS) is 18.9. The maximum absolute atomic E-state index is 11.1. The number of amides is 1. The minimum Gasteiger partial charge on any atom is -0.399 e. The maximum atomic E-state index is 11.1. The summed E-state index contributed by atoms with van der Waals surface area (Å²) >= 11 is 0. The number of nitrogens with zero attached hydrogens (tertiary/aromatic N) is 1. The van der Waals surface area contributed by atoms with E-state index in [0.29, 0.717) is 5.70 Å². The van der Waals surface area contributed by atoms with Gasteiger partial charge in [0.25, 0.3) is 0 Å². The van der Waals surface area contributed by atoms with Crippen molar-refractivity contribution in [2.75, 3.05) is 6.54 Å². The molecule has 0 bridgehead atoms. The molecule has 13 heavy (non-hydrogen) atoms. The highest BCUT2D eigenvalue weighted by Crippen LogP contribution is 2.00. The third kappa shape index (κ3) is 2.55. The van der Waals surface area contributed by atoms with E-state index in [-0.39, 0.29) is 18.0 Å². The van der Waals surface area contributed by atoms with Gasteiger partial charge in [-0.3, -0.25) is 14.6 Å². The van der Waals surface area contributed by atoms with Crippen LogP contribution < -0.4 is 11.5 Å². The number of rotatable bonds is 2. The average Bonchev–Trinajstić information content (AvgIpc) is 2.06. The lowest BCUT2D eigenvalue weighted by molar-refractivity contribution is -0.116. The van der Waals surface area contributed by atoms with Gasteiger partial charge in [0.05, 0.1) is 0 Å². The van der Waals surface area contributed by atoms with Gasteiger partial charge in [0.2, 0.25) is 11.7 Å². The van der Waals surface area contributed by atoms with E-state index < -0.39 is 5.91 Å². The van der Waals surface area contributed by atoms with Crippen LogP contribution in [-0.2, 0) is 9.59 Å². The number of nitrogens with two attached hydrogens (primary N) is 2. The summed E-state index contributed by atoms with van der Waals surface area (Å²) in [5.41, 5.74) is 10.9. The van der Waals surface area contributed by atoms with Crippen LogP contribution in [-0.4, -0.2) is 23.9 Å². The highest BCUT2D eigenvalue weighted by molar-refractivity contribution is 6.49. The Balaban J connectivity index is 2.80. The molecule has 0 fully saturated rings. The lowest BCUT2D eigenvalue weighted by Crippen LogP contribution is -2.20. The van der Waals surface area contributed by atoms with Crippen molar-refractivity contribution in [1.82, 2.24) is 0 Å². The lowest BCUT2D eigenvalue weighted by atomic mass is 10.1. The topological polar surface area (TPSA) is 98.5 Å². The molecule has 1 aliphatic rings. The average molecular weight is 179 g/mol. The van der Waals surface area contributed by atoms with E-state index in [0.717, 1.165) is 0 Å². The van der Waals surface area contributed by atoms with Crippen molar-refractivity contribution in [2.45, 2.75) is 0 Å². The Bertz CT molecular complexity index is 339. The predicted molar refractivity (Wildman–Crippen MR) is 47.9 cm³/mol. The number of carbonyl (C=O) groups excluding carboxylic acids is 2. The summed E-state index contributed by atoms with van der Waals surface area (Å²) in [6.45, 7) is -0.196. The molecule has 1 aliphatic carbocycles. The monoisotopic (exact) mass is 179 g/mol. The molecule has 0 aromatic carbocycles. The molecule has 0 aliphatic heterocycles. The second kappa shape index (κ2) is 3.66. The van der Waals surface area contributed by atoms with Gasteiger partial charge < -0.3 is 11.5 Å². The highest BCUT2D eigenvalue weighted by atomic mass is 16.1. The van der Waals surface area contributed by atoms with Crippen LogP contribution in [0.25, 0.3) is 0 Å². The molecule has 0 heterocycles. The van der Waals surface area contributed by atoms with E-state index in [1.807, 2.05) is 0 Å². The Kier molecular flexibility index (Phi) is 2.59. The molecule has 0 radical (unpaired) electrons. The number of hydrogen-bond acceptors (Lipinski definition) is 4. The van der Waals surface area contributed by atoms with E-state index >= 15 is 0 Å². The van der Waals surface area contributed by atoms with Crippen LogP contribution in [0.1, 0.15) is 0 Å². The standard InChI is InChI=1S/C8H9N3O2/c9-5-1-2-7(12)6(3-5)11-4-8(10)13/h1-3H,4,9H2,(H2,10,13). The number of ketones is 1. The molecule has 1 rings (SSSR count). The molecule has 0 saturated carbocycles. The highest BCUT2D eigenvalue weighted by Gasteiger charge is 2.09. The Morgan fingerprint density at radius 3 is 2.77 bits per heavy atom. The SMILES string of the molecule is NC(=O)CN=C1C=C(N)C=CC1=O. The van der Waals surface area contributed by atoms with Crippen LogP contribution in [0.4, 0.5) is 0 Å². The van der Waals surface area contributed by atoms with Crippen molar-refractivity contribution in [3.8, 4) is 0 Å². The summed E-state index contributed by atoms with van der Waals surface area (Å²) in [7, 11) is 0. The fourth-order valence-electron chi connectivity index (χ4n) is 0.821. The molecule has 0 unspecified atom stereocenters.